The lowest BCUT2D eigenvalue weighted by Gasteiger charge is -2.39. The van der Waals surface area contributed by atoms with Crippen molar-refractivity contribution >= 4 is 5.91 Å². The predicted octanol–water partition coefficient (Wildman–Crippen LogP) is 2.53. The van der Waals surface area contributed by atoms with Gasteiger partial charge >= 0.3 is 0 Å². The monoisotopic (exact) mass is 264 g/mol. The maximum atomic E-state index is 13.5. The van der Waals surface area contributed by atoms with Crippen molar-refractivity contribution in [2.24, 2.45) is 5.73 Å². The van der Waals surface area contributed by atoms with Crippen molar-refractivity contribution in [3.8, 4) is 0 Å². The lowest BCUT2D eigenvalue weighted by molar-refractivity contribution is -0.133. The molecule has 0 aromatic heterocycles. The van der Waals surface area contributed by atoms with Gasteiger partial charge in [-0.15, -0.1) is 0 Å². The topological polar surface area (TPSA) is 46.3 Å². The molecule has 104 valence electrons. The third-order valence-electron chi connectivity index (χ3n) is 3.65. The first-order chi connectivity index (χ1) is 8.71. The second kappa shape index (κ2) is 4.60. The quantitative estimate of drug-likeness (QED) is 0.847. The molecule has 4 heteroatoms. The van der Waals surface area contributed by atoms with Gasteiger partial charge in [-0.05, 0) is 51.0 Å². The minimum atomic E-state index is -0.325. The molecule has 1 amide bonds. The fourth-order valence-electron chi connectivity index (χ4n) is 2.85. The molecule has 1 aromatic carbocycles. The number of amides is 1. The third kappa shape index (κ3) is 2.50. The molecule has 3 nitrogen and oxygen atoms in total. The molecule has 0 spiro atoms. The highest BCUT2D eigenvalue weighted by Gasteiger charge is 2.44. The van der Waals surface area contributed by atoms with Gasteiger partial charge in [0.15, 0.2) is 0 Å². The second-order valence-electron chi connectivity index (χ2n) is 6.25. The van der Waals surface area contributed by atoms with E-state index in [4.69, 9.17) is 5.73 Å². The van der Waals surface area contributed by atoms with Crippen LogP contribution in [0.5, 0.6) is 0 Å². The number of nitrogens with two attached hydrogens (primary N) is 1. The average molecular weight is 264 g/mol. The van der Waals surface area contributed by atoms with Crippen LogP contribution in [0.25, 0.3) is 0 Å². The van der Waals surface area contributed by atoms with E-state index in [-0.39, 0.29) is 29.3 Å². The van der Waals surface area contributed by atoms with Gasteiger partial charge in [-0.2, -0.15) is 0 Å². The molecule has 2 N–H and O–H groups in total. The molecular weight excluding hydrogens is 243 g/mol. The van der Waals surface area contributed by atoms with Crippen LogP contribution in [0, 0.1) is 12.7 Å². The van der Waals surface area contributed by atoms with Gasteiger partial charge in [0.25, 0.3) is 0 Å². The zero-order valence-corrected chi connectivity index (χ0v) is 11.9. The van der Waals surface area contributed by atoms with Gasteiger partial charge in [-0.25, -0.2) is 4.39 Å². The number of rotatable bonds is 1. The number of hydrogen-bond acceptors (Lipinski definition) is 2. The summed E-state index contributed by atoms with van der Waals surface area (Å²) < 4.78 is 13.5. The Morgan fingerprint density at radius 2 is 2.00 bits per heavy atom. The van der Waals surface area contributed by atoms with Crippen LogP contribution < -0.4 is 5.73 Å². The fraction of sp³-hybridized carbons (Fsp3) is 0.533. The number of benzene rings is 1. The highest BCUT2D eigenvalue weighted by atomic mass is 19.1. The Kier molecular flexibility index (Phi) is 3.39. The van der Waals surface area contributed by atoms with E-state index in [1.165, 1.54) is 12.1 Å². The van der Waals surface area contributed by atoms with Crippen LogP contribution >= 0.6 is 0 Å². The minimum absolute atomic E-state index is 0.0358. The molecule has 19 heavy (non-hydrogen) atoms. The van der Waals surface area contributed by atoms with E-state index in [1.54, 1.807) is 11.0 Å². The van der Waals surface area contributed by atoms with Gasteiger partial charge < -0.3 is 10.6 Å². The molecule has 2 rings (SSSR count). The lowest BCUT2D eigenvalue weighted by atomic mass is 9.93. The van der Waals surface area contributed by atoms with E-state index in [2.05, 4.69) is 0 Å². The maximum absolute atomic E-state index is 13.5. The van der Waals surface area contributed by atoms with Crippen LogP contribution in [0.2, 0.25) is 0 Å². The summed E-state index contributed by atoms with van der Waals surface area (Å²) >= 11 is 0. The van der Waals surface area contributed by atoms with Gasteiger partial charge in [-0.1, -0.05) is 6.07 Å². The van der Waals surface area contributed by atoms with Crippen LogP contribution in [-0.2, 0) is 4.79 Å². The average Bonchev–Trinajstić information content (AvgIpc) is 2.56. The van der Waals surface area contributed by atoms with Gasteiger partial charge in [0.1, 0.15) is 5.82 Å². The summed E-state index contributed by atoms with van der Waals surface area (Å²) in [5, 5.41) is 0. The molecule has 1 aliphatic rings. The Balaban J connectivity index is 2.51. The molecule has 2 unspecified atom stereocenters. The summed E-state index contributed by atoms with van der Waals surface area (Å²) in [6.07, 6.45) is 0.317. The predicted molar refractivity (Wildman–Crippen MR) is 73.1 cm³/mol. The van der Waals surface area contributed by atoms with E-state index < -0.39 is 0 Å². The van der Waals surface area contributed by atoms with Crippen LogP contribution in [-0.4, -0.2) is 22.4 Å². The van der Waals surface area contributed by atoms with Gasteiger partial charge in [-0.3, -0.25) is 4.79 Å². The van der Waals surface area contributed by atoms with Crippen LogP contribution in [0.4, 0.5) is 4.39 Å². The van der Waals surface area contributed by atoms with E-state index in [0.29, 0.717) is 6.42 Å². The Bertz CT molecular complexity index is 507. The zero-order chi connectivity index (χ0) is 14.4. The second-order valence-corrected chi connectivity index (χ2v) is 6.25. The normalized spacial score (nSPS) is 24.1. The summed E-state index contributed by atoms with van der Waals surface area (Å²) in [7, 11) is 0. The minimum Gasteiger partial charge on any atom is -0.329 e. The van der Waals surface area contributed by atoms with E-state index in [1.807, 2.05) is 27.7 Å². The number of halogens is 1. The molecular formula is C15H21FN2O. The Labute approximate surface area is 113 Å². The Hall–Kier alpha value is -1.42. The standard InChI is InChI=1S/C15H21FN2O/c1-9-5-6-10(16)7-11(9)14-12(17)8-13(19)18(14)15(2,3)4/h5-7,12,14H,8,17H2,1-4H3. The number of aryl methyl sites for hydroxylation is 1. The lowest BCUT2D eigenvalue weighted by Crippen LogP contribution is -2.45. The summed E-state index contributed by atoms with van der Waals surface area (Å²) in [4.78, 5) is 14.0. The fourth-order valence-corrected chi connectivity index (χ4v) is 2.85. The SMILES string of the molecule is Cc1ccc(F)cc1C1C(N)CC(=O)N1C(C)(C)C. The van der Waals surface area contributed by atoms with Gasteiger partial charge in [0.2, 0.25) is 5.91 Å². The molecule has 0 bridgehead atoms. The molecule has 1 aliphatic heterocycles. The number of hydrogen-bond donors (Lipinski definition) is 1. The van der Waals surface area contributed by atoms with E-state index >= 15 is 0 Å². The first-order valence-electron chi connectivity index (χ1n) is 6.55. The van der Waals surface area contributed by atoms with Crippen molar-refractivity contribution < 1.29 is 9.18 Å². The first kappa shape index (κ1) is 14.0. The highest BCUT2D eigenvalue weighted by Crippen LogP contribution is 2.38. The third-order valence-corrected chi connectivity index (χ3v) is 3.65. The van der Waals surface area contributed by atoms with Crippen molar-refractivity contribution in [1.29, 1.82) is 0 Å². The van der Waals surface area contributed by atoms with Crippen molar-refractivity contribution in [2.75, 3.05) is 0 Å². The molecule has 0 aliphatic carbocycles. The van der Waals surface area contributed by atoms with Crippen LogP contribution in [0.15, 0.2) is 18.2 Å². The zero-order valence-electron chi connectivity index (χ0n) is 11.9. The largest absolute Gasteiger partial charge is 0.329 e. The molecule has 2 atom stereocenters. The first-order valence-corrected chi connectivity index (χ1v) is 6.55. The van der Waals surface area contributed by atoms with Crippen molar-refractivity contribution in [3.05, 3.63) is 35.1 Å². The Morgan fingerprint density at radius 1 is 1.37 bits per heavy atom. The number of likely N-dealkylation sites (tertiary alicyclic amines) is 1. The molecule has 0 saturated carbocycles. The van der Waals surface area contributed by atoms with Gasteiger partial charge in [0, 0.05) is 18.0 Å². The van der Waals surface area contributed by atoms with E-state index in [0.717, 1.165) is 11.1 Å². The highest BCUT2D eigenvalue weighted by molar-refractivity contribution is 5.81. The smallest absolute Gasteiger partial charge is 0.225 e. The number of nitrogens with zero attached hydrogens (tertiary/aromatic N) is 1. The molecule has 1 heterocycles. The molecule has 0 radical (unpaired) electrons. The summed E-state index contributed by atoms with van der Waals surface area (Å²) in [5.74, 6) is -0.255. The van der Waals surface area contributed by atoms with Gasteiger partial charge in [0.05, 0.1) is 6.04 Å². The summed E-state index contributed by atoms with van der Waals surface area (Å²) in [6.45, 7) is 7.85. The Morgan fingerprint density at radius 3 is 2.58 bits per heavy atom. The maximum Gasteiger partial charge on any atom is 0.225 e. The molecule has 1 saturated heterocycles. The van der Waals surface area contributed by atoms with Crippen LogP contribution in [0.1, 0.15) is 44.4 Å². The molecule has 1 aromatic rings. The number of carbonyl (C=O) groups excluding carboxylic acids is 1. The van der Waals surface area contributed by atoms with Crippen LogP contribution in [0.3, 0.4) is 0 Å². The summed E-state index contributed by atoms with van der Waals surface area (Å²) in [6, 6.07) is 4.14. The summed E-state index contributed by atoms with van der Waals surface area (Å²) in [5.41, 5.74) is 7.57. The van der Waals surface area contributed by atoms with E-state index in [9.17, 15) is 9.18 Å². The van der Waals surface area contributed by atoms with Crippen molar-refractivity contribution in [3.63, 3.8) is 0 Å². The number of carbonyl (C=O) groups is 1. The molecule has 1 fully saturated rings. The van der Waals surface area contributed by atoms with Crippen molar-refractivity contribution in [2.45, 2.75) is 51.7 Å². The van der Waals surface area contributed by atoms with Crippen molar-refractivity contribution in [1.82, 2.24) is 4.90 Å².